The second kappa shape index (κ2) is 14.2. The van der Waals surface area contributed by atoms with Crippen LogP contribution in [0.2, 0.25) is 0 Å². The topological polar surface area (TPSA) is 108 Å². The van der Waals surface area contributed by atoms with Crippen molar-refractivity contribution in [3.63, 3.8) is 0 Å². The van der Waals surface area contributed by atoms with E-state index in [9.17, 15) is 24.6 Å². The van der Waals surface area contributed by atoms with E-state index in [2.05, 4.69) is 4.98 Å². The lowest BCUT2D eigenvalue weighted by Gasteiger charge is -2.48. The molecule has 43 heavy (non-hydrogen) atoms. The zero-order valence-corrected chi connectivity index (χ0v) is 25.8. The number of benzene rings is 3. The molecule has 1 saturated heterocycles. The summed E-state index contributed by atoms with van der Waals surface area (Å²) in [6.07, 6.45) is 2.57. The highest BCUT2D eigenvalue weighted by atomic mass is 32.2. The van der Waals surface area contributed by atoms with Crippen molar-refractivity contribution in [2.75, 3.05) is 12.4 Å². The summed E-state index contributed by atoms with van der Waals surface area (Å²) in [7, 11) is 0. The van der Waals surface area contributed by atoms with E-state index in [1.165, 1.54) is 4.90 Å². The number of carboxylic acids is 1. The first-order valence-corrected chi connectivity index (χ1v) is 17.5. The lowest BCUT2D eigenvalue weighted by Crippen LogP contribution is -2.65. The maximum atomic E-state index is 13.7. The summed E-state index contributed by atoms with van der Waals surface area (Å²) in [6, 6.07) is 33.9. The Bertz CT molecular complexity index is 1520. The van der Waals surface area contributed by atoms with Gasteiger partial charge in [0.05, 0.1) is 17.6 Å². The predicted octanol–water partition coefficient (Wildman–Crippen LogP) is 4.20. The first-order chi connectivity index (χ1) is 21.0. The lowest BCUT2D eigenvalue weighted by atomic mass is 9.99. The number of nitrogens with zero attached hydrogens (tertiary/aromatic N) is 2. The van der Waals surface area contributed by atoms with Gasteiger partial charge in [-0.1, -0.05) is 109 Å². The number of aliphatic hydroxyl groups is 1. The molecule has 7 nitrogen and oxygen atoms in total. The zero-order valence-electron chi connectivity index (χ0n) is 23.2. The van der Waals surface area contributed by atoms with Crippen LogP contribution in [0, 0.1) is 5.92 Å². The smallest absolute Gasteiger partial charge is 0.353 e. The third-order valence-corrected chi connectivity index (χ3v) is 13.7. The van der Waals surface area contributed by atoms with Crippen LogP contribution in [0.3, 0.4) is 0 Å². The second-order valence-corrected chi connectivity index (χ2v) is 15.4. The van der Waals surface area contributed by atoms with Gasteiger partial charge in [-0.3, -0.25) is 14.5 Å². The molecule has 0 saturated carbocycles. The Morgan fingerprint density at radius 2 is 1.35 bits per heavy atom. The number of pyridine rings is 1. The van der Waals surface area contributed by atoms with Crippen molar-refractivity contribution in [3.05, 3.63) is 115 Å². The molecule has 2 heterocycles. The summed E-state index contributed by atoms with van der Waals surface area (Å²) in [5.74, 6) is -1.92. The molecule has 0 bridgehead atoms. The van der Waals surface area contributed by atoms with Gasteiger partial charge in [-0.05, 0) is 40.2 Å². The predicted molar refractivity (Wildman–Crippen MR) is 176 cm³/mol. The van der Waals surface area contributed by atoms with E-state index in [0.29, 0.717) is 12.2 Å². The number of rotatable bonds is 12. The highest BCUT2D eigenvalue weighted by molar-refractivity contribution is 8.14. The molecule has 0 aliphatic carbocycles. The number of aliphatic carboxylic acids is 1. The Morgan fingerprint density at radius 3 is 1.81 bits per heavy atom. The molecule has 1 amide bonds. The van der Waals surface area contributed by atoms with Crippen LogP contribution in [0.5, 0.6) is 0 Å². The van der Waals surface area contributed by atoms with Crippen molar-refractivity contribution in [2.45, 2.75) is 23.2 Å². The number of hydrogen-bond acceptors (Lipinski definition) is 7. The maximum Gasteiger partial charge on any atom is 0.353 e. The minimum absolute atomic E-state index is 0.0678. The second-order valence-electron chi connectivity index (χ2n) is 9.80. The Hall–Kier alpha value is -3.62. The number of likely N-dealkylation sites (tertiary alicyclic amines) is 1. The zero-order chi connectivity index (χ0) is 30.2. The first-order valence-electron chi connectivity index (χ1n) is 13.8. The monoisotopic (exact) mass is 630 g/mol. The van der Waals surface area contributed by atoms with Gasteiger partial charge in [-0.2, -0.15) is 0 Å². The number of thioether (sulfide) groups is 2. The van der Waals surface area contributed by atoms with Crippen molar-refractivity contribution >= 4 is 68.7 Å². The molecule has 0 unspecified atom stereocenters. The van der Waals surface area contributed by atoms with Crippen molar-refractivity contribution < 1.29 is 24.6 Å². The van der Waals surface area contributed by atoms with Gasteiger partial charge in [-0.25, -0.2) is 9.78 Å². The lowest BCUT2D eigenvalue weighted by molar-refractivity contribution is -0.147. The van der Waals surface area contributed by atoms with E-state index in [4.69, 9.17) is 0 Å². The fourth-order valence-corrected chi connectivity index (χ4v) is 11.7. The van der Waals surface area contributed by atoms with Crippen molar-refractivity contribution in [2.24, 2.45) is 5.92 Å². The molecule has 3 aromatic carbocycles. The number of aromatic nitrogens is 1. The van der Waals surface area contributed by atoms with E-state index in [1.54, 1.807) is 18.0 Å². The molecule has 5 rings (SSSR count). The van der Waals surface area contributed by atoms with Gasteiger partial charge in [0.25, 0.3) is 0 Å². The van der Waals surface area contributed by atoms with Crippen molar-refractivity contribution in [3.8, 4) is 0 Å². The average molecular weight is 631 g/mol. The van der Waals surface area contributed by atoms with Crippen LogP contribution in [0.25, 0.3) is 0 Å². The summed E-state index contributed by atoms with van der Waals surface area (Å²) < 4.78 is 0. The molecule has 10 heteroatoms. The summed E-state index contributed by atoms with van der Waals surface area (Å²) in [4.78, 5) is 45.9. The van der Waals surface area contributed by atoms with Crippen LogP contribution in [-0.4, -0.2) is 60.2 Å². The van der Waals surface area contributed by atoms with E-state index >= 15 is 0 Å². The van der Waals surface area contributed by atoms with Crippen molar-refractivity contribution in [1.29, 1.82) is 0 Å². The van der Waals surface area contributed by atoms with Gasteiger partial charge in [0, 0.05) is 19.5 Å². The number of β-lactam (4-membered cyclic amide) rings is 1. The molecule has 4 aromatic rings. The molecule has 0 spiro atoms. The summed E-state index contributed by atoms with van der Waals surface area (Å²) in [5.41, 5.74) is -0.0678. The van der Waals surface area contributed by atoms with Crippen molar-refractivity contribution in [1.82, 2.24) is 9.88 Å². The fraction of sp³-hybridized carbons (Fsp3) is 0.182. The van der Waals surface area contributed by atoms with Gasteiger partial charge in [0.1, 0.15) is 10.8 Å². The number of amides is 1. The van der Waals surface area contributed by atoms with Crippen LogP contribution in [0.1, 0.15) is 12.8 Å². The summed E-state index contributed by atoms with van der Waals surface area (Å²) >= 11 is 2.50. The molecular weight excluding hydrogens is 599 g/mol. The molecule has 2 N–H and O–H groups in total. The number of carboxylic acid groups (broad SMARTS) is 1. The number of aliphatic hydroxyl groups excluding tert-OH is 1. The van der Waals surface area contributed by atoms with E-state index < -0.39 is 36.7 Å². The molecule has 1 aliphatic heterocycles. The van der Waals surface area contributed by atoms with E-state index in [0.717, 1.165) is 32.7 Å². The Balaban J connectivity index is 1.58. The normalized spacial score (nSPS) is 16.4. The third kappa shape index (κ3) is 6.36. The third-order valence-electron chi connectivity index (χ3n) is 7.18. The number of carbonyl (C=O) groups excluding carboxylic acids is 2. The molecule has 1 aromatic heterocycles. The summed E-state index contributed by atoms with van der Waals surface area (Å²) in [6.45, 7) is -3.63. The van der Waals surface area contributed by atoms with Gasteiger partial charge >= 0.3 is 5.97 Å². The SMILES string of the molecule is O=C(CCCSc1ccccn1)S[C@@H]1[C@@H](CO)C(=O)N1C(C(=O)O)=P(c1ccccc1)(c1ccccc1)c1ccccc1. The van der Waals surface area contributed by atoms with Gasteiger partial charge in [0.2, 0.25) is 5.91 Å². The molecule has 1 fully saturated rings. The fourth-order valence-electron chi connectivity index (χ4n) is 5.25. The van der Waals surface area contributed by atoms with Crippen LogP contribution in [-0.2, 0) is 14.4 Å². The van der Waals surface area contributed by atoms with E-state index in [1.807, 2.05) is 109 Å². The Morgan fingerprint density at radius 1 is 0.814 bits per heavy atom. The molecule has 0 radical (unpaired) electrons. The molecule has 220 valence electrons. The minimum Gasteiger partial charge on any atom is -0.477 e. The maximum absolute atomic E-state index is 13.7. The molecule has 2 atom stereocenters. The quantitative estimate of drug-likeness (QED) is 0.104. The minimum atomic E-state index is -3.15. The van der Waals surface area contributed by atoms with Gasteiger partial charge in [-0.15, -0.1) is 11.8 Å². The first kappa shape index (κ1) is 30.8. The highest BCUT2D eigenvalue weighted by Crippen LogP contribution is 2.50. The Labute approximate surface area is 259 Å². The standard InChI is InChI=1S/C33H31N2O5PS2/c36-23-27-30(38)35(32(27)43-29(37)20-12-22-42-28-19-10-11-21-34-28)31(33(39)40)41(24-13-4-1-5-14-24,25-15-6-2-7-16-25)26-17-8-3-9-18-26/h1-11,13-19,21,27,32,36H,12,20,22-23H2,(H,39,40)/t27-,32+/m0/s1. The van der Waals surface area contributed by atoms with Crippen LogP contribution >= 0.6 is 30.4 Å². The van der Waals surface area contributed by atoms with Crippen LogP contribution in [0.15, 0.2) is 120 Å². The summed E-state index contributed by atoms with van der Waals surface area (Å²) in [5, 5.41) is 23.3. The highest BCUT2D eigenvalue weighted by Gasteiger charge is 2.54. The largest absolute Gasteiger partial charge is 0.477 e. The van der Waals surface area contributed by atoms with E-state index in [-0.39, 0.29) is 17.0 Å². The van der Waals surface area contributed by atoms with Crippen LogP contribution in [0.4, 0.5) is 0 Å². The van der Waals surface area contributed by atoms with Gasteiger partial charge in [0.15, 0.2) is 5.12 Å². The molecule has 1 aliphatic rings. The van der Waals surface area contributed by atoms with Gasteiger partial charge < -0.3 is 10.2 Å². The average Bonchev–Trinajstić information content (AvgIpc) is 3.05. The number of hydrogen-bond donors (Lipinski definition) is 2. The number of carbonyl (C=O) groups is 3. The molecular formula is C33H31N2O5PS2. The van der Waals surface area contributed by atoms with Crippen LogP contribution < -0.4 is 15.9 Å². The Kier molecular flexibility index (Phi) is 10.2.